The largest absolute Gasteiger partial charge is 0.322 e. The molecule has 31 heavy (non-hydrogen) atoms. The van der Waals surface area contributed by atoms with Crippen molar-refractivity contribution >= 4 is 44.6 Å². The number of rotatable bonds is 5. The van der Waals surface area contributed by atoms with Gasteiger partial charge in [-0.1, -0.05) is 17.7 Å². The summed E-state index contributed by atoms with van der Waals surface area (Å²) in [5.74, 6) is -3.11. The van der Waals surface area contributed by atoms with E-state index in [1.807, 2.05) is 0 Å². The number of nitrogens with one attached hydrogen (secondary N) is 2. The summed E-state index contributed by atoms with van der Waals surface area (Å²) >= 11 is 6.15. The average Bonchev–Trinajstić information content (AvgIpc) is 2.71. The molecule has 0 aliphatic heterocycles. The Balaban J connectivity index is 1.76. The summed E-state index contributed by atoms with van der Waals surface area (Å²) in [4.78, 5) is 24.6. The van der Waals surface area contributed by atoms with Crippen molar-refractivity contribution in [2.75, 3.05) is 16.9 Å². The molecular weight excluding hydrogens is 450 g/mol. The summed E-state index contributed by atoms with van der Waals surface area (Å²) < 4.78 is 50.3. The smallest absolute Gasteiger partial charge is 0.258 e. The lowest BCUT2D eigenvalue weighted by atomic mass is 10.1. The standard InChI is InChI=1S/C21H15ClF2N2O4S/c1-31(29,30)15-4-2-3-12(9-15)20(27)26-19-8-6-14(11-17(19)22)25-21(28)16-10-13(23)5-7-18(16)24/h2-11H,1H3,(H,25,28)(H,26,27). The van der Waals surface area contributed by atoms with Crippen molar-refractivity contribution in [1.82, 2.24) is 0 Å². The van der Waals surface area contributed by atoms with Crippen LogP contribution in [0.2, 0.25) is 5.02 Å². The summed E-state index contributed by atoms with van der Waals surface area (Å²) in [6, 6.07) is 12.1. The SMILES string of the molecule is CS(=O)(=O)c1cccc(C(=O)Nc2ccc(NC(=O)c3cc(F)ccc3F)cc2Cl)c1. The van der Waals surface area contributed by atoms with Gasteiger partial charge in [0.2, 0.25) is 0 Å². The molecule has 3 aromatic rings. The van der Waals surface area contributed by atoms with E-state index < -0.39 is 38.8 Å². The molecule has 2 N–H and O–H groups in total. The van der Waals surface area contributed by atoms with Crippen LogP contribution in [0.25, 0.3) is 0 Å². The highest BCUT2D eigenvalue weighted by Crippen LogP contribution is 2.27. The first-order chi connectivity index (χ1) is 14.5. The number of anilines is 2. The van der Waals surface area contributed by atoms with E-state index in [2.05, 4.69) is 10.6 Å². The van der Waals surface area contributed by atoms with Crippen molar-refractivity contribution in [2.45, 2.75) is 4.90 Å². The monoisotopic (exact) mass is 464 g/mol. The first-order valence-corrected chi connectivity index (χ1v) is 11.0. The van der Waals surface area contributed by atoms with E-state index in [-0.39, 0.29) is 26.9 Å². The third-order valence-electron chi connectivity index (χ3n) is 4.17. The quantitative estimate of drug-likeness (QED) is 0.580. The molecule has 6 nitrogen and oxygen atoms in total. The lowest BCUT2D eigenvalue weighted by molar-refractivity contribution is 0.101. The van der Waals surface area contributed by atoms with Crippen molar-refractivity contribution < 1.29 is 26.8 Å². The van der Waals surface area contributed by atoms with Crippen LogP contribution in [0, 0.1) is 11.6 Å². The van der Waals surface area contributed by atoms with Gasteiger partial charge in [-0.3, -0.25) is 9.59 Å². The minimum atomic E-state index is -3.48. The topological polar surface area (TPSA) is 92.3 Å². The molecule has 10 heteroatoms. The van der Waals surface area contributed by atoms with Crippen LogP contribution in [-0.2, 0) is 9.84 Å². The Kier molecular flexibility index (Phi) is 6.37. The molecule has 0 heterocycles. The van der Waals surface area contributed by atoms with E-state index in [1.165, 1.54) is 42.5 Å². The molecule has 0 unspecified atom stereocenters. The highest BCUT2D eigenvalue weighted by molar-refractivity contribution is 7.90. The number of benzene rings is 3. The lowest BCUT2D eigenvalue weighted by Crippen LogP contribution is -2.15. The number of hydrogen-bond acceptors (Lipinski definition) is 4. The summed E-state index contributed by atoms with van der Waals surface area (Å²) in [5.41, 5.74) is 0.0271. The average molecular weight is 465 g/mol. The number of carbonyl (C=O) groups is 2. The Bertz CT molecular complexity index is 1300. The van der Waals surface area contributed by atoms with Gasteiger partial charge >= 0.3 is 0 Å². The van der Waals surface area contributed by atoms with Crippen LogP contribution in [0.3, 0.4) is 0 Å². The second kappa shape index (κ2) is 8.83. The van der Waals surface area contributed by atoms with Crippen LogP contribution in [-0.4, -0.2) is 26.5 Å². The highest BCUT2D eigenvalue weighted by atomic mass is 35.5. The molecule has 0 aliphatic carbocycles. The molecule has 0 aromatic heterocycles. The van der Waals surface area contributed by atoms with E-state index in [0.717, 1.165) is 24.5 Å². The van der Waals surface area contributed by atoms with Gasteiger partial charge in [-0.15, -0.1) is 0 Å². The molecule has 0 fully saturated rings. The molecule has 0 radical (unpaired) electrons. The Morgan fingerprint density at radius 2 is 1.65 bits per heavy atom. The summed E-state index contributed by atoms with van der Waals surface area (Å²) in [6.45, 7) is 0. The van der Waals surface area contributed by atoms with Crippen LogP contribution >= 0.6 is 11.6 Å². The maximum Gasteiger partial charge on any atom is 0.258 e. The lowest BCUT2D eigenvalue weighted by Gasteiger charge is -2.11. The van der Waals surface area contributed by atoms with Crippen molar-refractivity contribution in [1.29, 1.82) is 0 Å². The first-order valence-electron chi connectivity index (χ1n) is 8.72. The molecular formula is C21H15ClF2N2O4S. The zero-order chi connectivity index (χ0) is 22.8. The van der Waals surface area contributed by atoms with Crippen LogP contribution < -0.4 is 10.6 Å². The minimum absolute atomic E-state index is 0.00566. The van der Waals surface area contributed by atoms with E-state index in [4.69, 9.17) is 11.6 Å². The molecule has 0 aliphatic rings. The van der Waals surface area contributed by atoms with Gasteiger partial charge in [-0.2, -0.15) is 0 Å². The van der Waals surface area contributed by atoms with Crippen LogP contribution in [0.15, 0.2) is 65.6 Å². The fraction of sp³-hybridized carbons (Fsp3) is 0.0476. The Morgan fingerprint density at radius 3 is 2.32 bits per heavy atom. The maximum atomic E-state index is 13.7. The number of hydrogen-bond donors (Lipinski definition) is 2. The molecule has 0 bridgehead atoms. The zero-order valence-corrected chi connectivity index (χ0v) is 17.5. The van der Waals surface area contributed by atoms with Gasteiger partial charge in [0.1, 0.15) is 11.6 Å². The second-order valence-electron chi connectivity index (χ2n) is 6.53. The van der Waals surface area contributed by atoms with Crippen LogP contribution in [0.1, 0.15) is 20.7 Å². The van der Waals surface area contributed by atoms with Gasteiger partial charge in [0.05, 0.1) is 21.2 Å². The number of halogens is 3. The minimum Gasteiger partial charge on any atom is -0.322 e. The van der Waals surface area contributed by atoms with Crippen molar-refractivity contribution in [3.8, 4) is 0 Å². The zero-order valence-electron chi connectivity index (χ0n) is 15.9. The number of amides is 2. The molecule has 2 amide bonds. The van der Waals surface area contributed by atoms with E-state index in [1.54, 1.807) is 0 Å². The first kappa shape index (κ1) is 22.4. The van der Waals surface area contributed by atoms with Crippen LogP contribution in [0.5, 0.6) is 0 Å². The normalized spacial score (nSPS) is 11.1. The van der Waals surface area contributed by atoms with Crippen molar-refractivity contribution in [3.05, 3.63) is 88.4 Å². The molecule has 0 atom stereocenters. The van der Waals surface area contributed by atoms with Gasteiger partial charge < -0.3 is 10.6 Å². The maximum absolute atomic E-state index is 13.7. The van der Waals surface area contributed by atoms with Gasteiger partial charge in [0.25, 0.3) is 11.8 Å². The number of carbonyl (C=O) groups excluding carboxylic acids is 2. The molecule has 3 rings (SSSR count). The fourth-order valence-corrected chi connectivity index (χ4v) is 3.52. The van der Waals surface area contributed by atoms with E-state index >= 15 is 0 Å². The fourth-order valence-electron chi connectivity index (χ4n) is 2.63. The molecule has 0 spiro atoms. The third-order valence-corrected chi connectivity index (χ3v) is 5.60. The Hall–Kier alpha value is -3.30. The van der Waals surface area contributed by atoms with Crippen LogP contribution in [0.4, 0.5) is 20.2 Å². The molecule has 0 saturated carbocycles. The number of sulfone groups is 1. The van der Waals surface area contributed by atoms with Crippen molar-refractivity contribution in [3.63, 3.8) is 0 Å². The van der Waals surface area contributed by atoms with E-state index in [9.17, 15) is 26.8 Å². The third kappa shape index (κ3) is 5.44. The summed E-state index contributed by atoms with van der Waals surface area (Å²) in [5, 5.41) is 5.00. The van der Waals surface area contributed by atoms with Gasteiger partial charge in [0.15, 0.2) is 9.84 Å². The Labute approximate surface area is 181 Å². The van der Waals surface area contributed by atoms with Crippen molar-refractivity contribution in [2.24, 2.45) is 0 Å². The van der Waals surface area contributed by atoms with Gasteiger partial charge in [-0.05, 0) is 54.6 Å². The highest BCUT2D eigenvalue weighted by Gasteiger charge is 2.15. The molecule has 160 valence electrons. The van der Waals surface area contributed by atoms with Gasteiger partial charge in [0, 0.05) is 17.5 Å². The summed E-state index contributed by atoms with van der Waals surface area (Å²) in [6.07, 6.45) is 1.03. The summed E-state index contributed by atoms with van der Waals surface area (Å²) in [7, 11) is -3.48. The predicted molar refractivity (Wildman–Crippen MR) is 113 cm³/mol. The Morgan fingerprint density at radius 1 is 0.903 bits per heavy atom. The van der Waals surface area contributed by atoms with E-state index in [0.29, 0.717) is 0 Å². The molecule has 3 aromatic carbocycles. The predicted octanol–water partition coefficient (Wildman–Crippen LogP) is 4.53. The molecule has 0 saturated heterocycles. The second-order valence-corrected chi connectivity index (χ2v) is 8.95. The van der Waals surface area contributed by atoms with Gasteiger partial charge in [-0.25, -0.2) is 17.2 Å².